The lowest BCUT2D eigenvalue weighted by Crippen LogP contribution is -2.49. The quantitative estimate of drug-likeness (QED) is 0.826. The minimum Gasteiger partial charge on any atom is -0.329 e. The Morgan fingerprint density at radius 2 is 1.77 bits per heavy atom. The second-order valence-electron chi connectivity index (χ2n) is 9.03. The van der Waals surface area contributed by atoms with Crippen molar-refractivity contribution in [1.82, 2.24) is 15.1 Å². The second kappa shape index (κ2) is 8.31. The molecule has 2 amide bonds. The molecule has 1 N–H and O–H groups in total. The van der Waals surface area contributed by atoms with Gasteiger partial charge in [-0.15, -0.1) is 0 Å². The van der Waals surface area contributed by atoms with Crippen molar-refractivity contribution in [2.75, 3.05) is 13.1 Å². The fourth-order valence-corrected chi connectivity index (χ4v) is 5.19. The van der Waals surface area contributed by atoms with Gasteiger partial charge in [0, 0.05) is 24.4 Å². The van der Waals surface area contributed by atoms with Gasteiger partial charge < -0.3 is 10.2 Å². The molecular weight excluding hydrogens is 386 g/mol. The Labute approximate surface area is 183 Å². The molecule has 2 aromatic carbocycles. The summed E-state index contributed by atoms with van der Waals surface area (Å²) in [6.45, 7) is 7.56. The van der Waals surface area contributed by atoms with E-state index in [1.165, 1.54) is 11.1 Å². The number of fused-ring (bicyclic) bond motifs is 1. The molecule has 0 spiro atoms. The van der Waals surface area contributed by atoms with Crippen LogP contribution in [0.25, 0.3) is 0 Å². The van der Waals surface area contributed by atoms with Gasteiger partial charge in [0.2, 0.25) is 5.91 Å². The summed E-state index contributed by atoms with van der Waals surface area (Å²) < 4.78 is 0. The van der Waals surface area contributed by atoms with E-state index in [2.05, 4.69) is 59.3 Å². The molecule has 5 heteroatoms. The van der Waals surface area contributed by atoms with Crippen molar-refractivity contribution in [3.63, 3.8) is 0 Å². The zero-order valence-electron chi connectivity index (χ0n) is 17.8. The van der Waals surface area contributed by atoms with Gasteiger partial charge in [-0.3, -0.25) is 14.5 Å². The van der Waals surface area contributed by atoms with Crippen LogP contribution >= 0.6 is 0 Å². The first-order valence-electron chi connectivity index (χ1n) is 11.3. The highest BCUT2D eigenvalue weighted by atomic mass is 16.2. The molecule has 0 radical (unpaired) electrons. The minimum atomic E-state index is -0.393. The lowest BCUT2D eigenvalue weighted by molar-refractivity contribution is -0.126. The Balaban J connectivity index is 1.24. The number of rotatable bonds is 4. The monoisotopic (exact) mass is 415 g/mol. The summed E-state index contributed by atoms with van der Waals surface area (Å²) in [5.41, 5.74) is 5.25. The van der Waals surface area contributed by atoms with E-state index in [0.29, 0.717) is 18.9 Å². The van der Waals surface area contributed by atoms with E-state index >= 15 is 0 Å². The van der Waals surface area contributed by atoms with E-state index in [1.807, 2.05) is 6.07 Å². The van der Waals surface area contributed by atoms with Crippen LogP contribution in [-0.4, -0.2) is 40.7 Å². The van der Waals surface area contributed by atoms with Gasteiger partial charge in [0.25, 0.3) is 5.91 Å². The number of carbonyl (C=O) groups is 2. The molecule has 3 heterocycles. The molecule has 2 fully saturated rings. The van der Waals surface area contributed by atoms with Gasteiger partial charge in [-0.1, -0.05) is 49.0 Å². The fraction of sp³-hybridized carbons (Fsp3) is 0.385. The third-order valence-corrected chi connectivity index (χ3v) is 6.97. The molecule has 3 aliphatic heterocycles. The molecule has 0 saturated carbocycles. The van der Waals surface area contributed by atoms with E-state index in [4.69, 9.17) is 0 Å². The number of piperidine rings is 2. The third-order valence-electron chi connectivity index (χ3n) is 6.97. The maximum Gasteiger partial charge on any atom is 0.255 e. The van der Waals surface area contributed by atoms with Crippen molar-refractivity contribution in [2.45, 2.75) is 50.7 Å². The highest BCUT2D eigenvalue weighted by molar-refractivity contribution is 6.01. The van der Waals surface area contributed by atoms with Crippen molar-refractivity contribution in [1.29, 1.82) is 0 Å². The Bertz CT molecular complexity index is 1010. The van der Waals surface area contributed by atoms with Crippen LogP contribution in [0.3, 0.4) is 0 Å². The maximum atomic E-state index is 12.9. The normalized spacial score (nSPS) is 22.5. The fourth-order valence-electron chi connectivity index (χ4n) is 5.19. The first kappa shape index (κ1) is 20.0. The topological polar surface area (TPSA) is 52.7 Å². The van der Waals surface area contributed by atoms with Crippen molar-refractivity contribution < 1.29 is 9.59 Å². The molecule has 0 bridgehead atoms. The number of allylic oxidation sites excluding steroid dienone is 1. The summed E-state index contributed by atoms with van der Waals surface area (Å²) in [6.07, 6.45) is 3.65. The van der Waals surface area contributed by atoms with Gasteiger partial charge in [0.05, 0.1) is 0 Å². The zero-order chi connectivity index (χ0) is 21.4. The predicted molar refractivity (Wildman–Crippen MR) is 120 cm³/mol. The summed E-state index contributed by atoms with van der Waals surface area (Å²) in [4.78, 5) is 29.6. The number of amides is 2. The molecule has 0 aromatic heterocycles. The van der Waals surface area contributed by atoms with Crippen LogP contribution in [0.5, 0.6) is 0 Å². The van der Waals surface area contributed by atoms with Gasteiger partial charge in [-0.2, -0.15) is 0 Å². The van der Waals surface area contributed by atoms with Gasteiger partial charge in [-0.05, 0) is 67.4 Å². The van der Waals surface area contributed by atoms with E-state index in [9.17, 15) is 9.59 Å². The average Bonchev–Trinajstić information content (AvgIpc) is 3.10. The highest BCUT2D eigenvalue weighted by Crippen LogP contribution is 2.34. The van der Waals surface area contributed by atoms with Crippen molar-refractivity contribution in [3.8, 4) is 0 Å². The number of hydrogen-bond acceptors (Lipinski definition) is 3. The first-order valence-corrected chi connectivity index (χ1v) is 11.3. The number of likely N-dealkylation sites (tertiary alicyclic amines) is 1. The lowest BCUT2D eigenvalue weighted by Gasteiger charge is -2.32. The minimum absolute atomic E-state index is 0.0214. The molecular formula is C26H29N3O2. The van der Waals surface area contributed by atoms with E-state index in [1.54, 1.807) is 4.90 Å². The Kier molecular flexibility index (Phi) is 5.36. The molecule has 31 heavy (non-hydrogen) atoms. The number of benzene rings is 2. The molecule has 5 rings (SSSR count). The standard InChI is InChI=1S/C26H29N3O2/c1-18-7-10-24(25(30)27-18)29-17-22-15-21(8-9-23(22)26(29)31)20-11-13-28(14-12-20)16-19-5-3-2-4-6-19/h2-6,8-9,15,20,24H,1,7,10-14,16-17H2,(H,27,30). The molecule has 1 unspecified atom stereocenters. The number of carbonyl (C=O) groups excluding carboxylic acids is 2. The van der Waals surface area contributed by atoms with Crippen molar-refractivity contribution in [3.05, 3.63) is 83.1 Å². The average molecular weight is 416 g/mol. The van der Waals surface area contributed by atoms with Gasteiger partial charge in [-0.25, -0.2) is 0 Å². The summed E-state index contributed by atoms with van der Waals surface area (Å²) >= 11 is 0. The van der Waals surface area contributed by atoms with Crippen LogP contribution in [0.15, 0.2) is 60.8 Å². The summed E-state index contributed by atoms with van der Waals surface area (Å²) in [7, 11) is 0. The summed E-state index contributed by atoms with van der Waals surface area (Å²) in [6, 6.07) is 16.6. The molecule has 3 aliphatic rings. The summed E-state index contributed by atoms with van der Waals surface area (Å²) in [5.74, 6) is 0.401. The molecule has 2 aromatic rings. The third kappa shape index (κ3) is 4.02. The Morgan fingerprint density at radius 3 is 2.52 bits per heavy atom. The van der Waals surface area contributed by atoms with Gasteiger partial charge in [0.1, 0.15) is 6.04 Å². The molecule has 160 valence electrons. The maximum absolute atomic E-state index is 12.9. The van der Waals surface area contributed by atoms with E-state index in [-0.39, 0.29) is 11.8 Å². The van der Waals surface area contributed by atoms with Crippen LogP contribution in [0.1, 0.15) is 58.6 Å². The smallest absolute Gasteiger partial charge is 0.255 e. The second-order valence-corrected chi connectivity index (χ2v) is 9.03. The molecule has 0 aliphatic carbocycles. The number of hydrogen-bond donors (Lipinski definition) is 1. The highest BCUT2D eigenvalue weighted by Gasteiger charge is 2.38. The molecule has 5 nitrogen and oxygen atoms in total. The van der Waals surface area contributed by atoms with E-state index in [0.717, 1.165) is 55.7 Å². The Morgan fingerprint density at radius 1 is 1.00 bits per heavy atom. The number of nitrogens with one attached hydrogen (secondary N) is 1. The van der Waals surface area contributed by atoms with Crippen LogP contribution in [0, 0.1) is 0 Å². The number of nitrogens with zero attached hydrogens (tertiary/aromatic N) is 2. The van der Waals surface area contributed by atoms with Crippen LogP contribution in [0.2, 0.25) is 0 Å². The van der Waals surface area contributed by atoms with Gasteiger partial charge >= 0.3 is 0 Å². The summed E-state index contributed by atoms with van der Waals surface area (Å²) in [5, 5.41) is 2.81. The van der Waals surface area contributed by atoms with Crippen molar-refractivity contribution in [2.24, 2.45) is 0 Å². The first-order chi connectivity index (χ1) is 15.1. The zero-order valence-corrected chi connectivity index (χ0v) is 17.8. The van der Waals surface area contributed by atoms with Crippen molar-refractivity contribution >= 4 is 11.8 Å². The molecule has 1 atom stereocenters. The van der Waals surface area contributed by atoms with E-state index < -0.39 is 6.04 Å². The SMILES string of the molecule is C=C1CCC(N2Cc3cc(C4CCN(Cc5ccccc5)CC4)ccc3C2=O)C(=O)N1. The lowest BCUT2D eigenvalue weighted by atomic mass is 9.87. The van der Waals surface area contributed by atoms with Crippen LogP contribution < -0.4 is 5.32 Å². The van der Waals surface area contributed by atoms with Crippen LogP contribution in [0.4, 0.5) is 0 Å². The Hall–Kier alpha value is -2.92. The van der Waals surface area contributed by atoms with Gasteiger partial charge in [0.15, 0.2) is 0 Å². The predicted octanol–water partition coefficient (Wildman–Crippen LogP) is 3.81. The largest absolute Gasteiger partial charge is 0.329 e. The molecule has 2 saturated heterocycles. The van der Waals surface area contributed by atoms with Crippen LogP contribution in [-0.2, 0) is 17.9 Å².